The number of methoxy groups -OCH3 is 1. The van der Waals surface area contributed by atoms with E-state index >= 15 is 0 Å². The Kier molecular flexibility index (Phi) is 7.96. The molecule has 0 aromatic heterocycles. The van der Waals surface area contributed by atoms with Crippen molar-refractivity contribution < 1.29 is 4.74 Å². The van der Waals surface area contributed by atoms with Crippen LogP contribution in [0.2, 0.25) is 0 Å². The van der Waals surface area contributed by atoms with E-state index in [1.165, 1.54) is 65.2 Å². The molecule has 1 atom stereocenters. The van der Waals surface area contributed by atoms with E-state index in [2.05, 4.69) is 27.1 Å². The van der Waals surface area contributed by atoms with Gasteiger partial charge in [0.05, 0.1) is 6.61 Å². The SMILES string of the molecule is COCCNCC1CCCN(CCN2CCN(C)CC2)C1. The highest BCUT2D eigenvalue weighted by molar-refractivity contribution is 4.77. The number of hydrogen-bond acceptors (Lipinski definition) is 5. The van der Waals surface area contributed by atoms with E-state index in [4.69, 9.17) is 4.74 Å². The summed E-state index contributed by atoms with van der Waals surface area (Å²) in [4.78, 5) is 7.73. The molecule has 0 radical (unpaired) electrons. The summed E-state index contributed by atoms with van der Waals surface area (Å²) in [6.07, 6.45) is 2.74. The van der Waals surface area contributed by atoms with Gasteiger partial charge in [0.2, 0.25) is 0 Å². The van der Waals surface area contributed by atoms with E-state index in [0.29, 0.717) is 0 Å². The zero-order chi connectivity index (χ0) is 14.9. The van der Waals surface area contributed by atoms with Crippen LogP contribution in [-0.4, -0.2) is 101 Å². The van der Waals surface area contributed by atoms with Crippen molar-refractivity contribution >= 4 is 0 Å². The molecule has 0 aromatic rings. The van der Waals surface area contributed by atoms with Crippen LogP contribution < -0.4 is 5.32 Å². The van der Waals surface area contributed by atoms with E-state index in [1.54, 1.807) is 7.11 Å². The minimum absolute atomic E-state index is 0.819. The van der Waals surface area contributed by atoms with Crippen LogP contribution in [0.25, 0.3) is 0 Å². The van der Waals surface area contributed by atoms with Crippen LogP contribution in [0.5, 0.6) is 0 Å². The summed E-state index contributed by atoms with van der Waals surface area (Å²) < 4.78 is 5.08. The summed E-state index contributed by atoms with van der Waals surface area (Å²) >= 11 is 0. The lowest BCUT2D eigenvalue weighted by molar-refractivity contribution is 0.115. The standard InChI is InChI=1S/C16H34N4O/c1-18-7-9-19(10-8-18)11-12-20-6-3-4-16(15-20)14-17-5-13-21-2/h16-17H,3-15H2,1-2H3. The van der Waals surface area contributed by atoms with Gasteiger partial charge in [0, 0.05) is 59.5 Å². The fourth-order valence-electron chi connectivity index (χ4n) is 3.36. The highest BCUT2D eigenvalue weighted by Gasteiger charge is 2.20. The molecule has 1 N–H and O–H groups in total. The first-order chi connectivity index (χ1) is 10.3. The van der Waals surface area contributed by atoms with Crippen LogP contribution in [-0.2, 0) is 4.74 Å². The third-order valence-corrected chi connectivity index (χ3v) is 4.85. The molecular formula is C16H34N4O. The lowest BCUT2D eigenvalue weighted by Crippen LogP contribution is -2.48. The van der Waals surface area contributed by atoms with Crippen molar-refractivity contribution in [2.75, 3.05) is 86.2 Å². The normalized spacial score (nSPS) is 26.3. The molecule has 2 rings (SSSR count). The summed E-state index contributed by atoms with van der Waals surface area (Å²) in [5.74, 6) is 0.822. The van der Waals surface area contributed by atoms with Crippen LogP contribution in [0.1, 0.15) is 12.8 Å². The molecule has 0 amide bonds. The molecule has 0 saturated carbocycles. The van der Waals surface area contributed by atoms with Gasteiger partial charge in [-0.15, -0.1) is 0 Å². The quantitative estimate of drug-likeness (QED) is 0.646. The lowest BCUT2D eigenvalue weighted by Gasteiger charge is -2.36. The Morgan fingerprint density at radius 2 is 1.81 bits per heavy atom. The molecule has 1 unspecified atom stereocenters. The molecule has 21 heavy (non-hydrogen) atoms. The second-order valence-corrected chi connectivity index (χ2v) is 6.65. The Balaban J connectivity index is 1.58. The average molecular weight is 298 g/mol. The Bertz CT molecular complexity index is 269. The van der Waals surface area contributed by atoms with Gasteiger partial charge in [-0.05, 0) is 38.9 Å². The first-order valence-corrected chi connectivity index (χ1v) is 8.61. The van der Waals surface area contributed by atoms with Crippen molar-refractivity contribution in [3.63, 3.8) is 0 Å². The van der Waals surface area contributed by atoms with Gasteiger partial charge in [-0.1, -0.05) is 0 Å². The number of nitrogens with one attached hydrogen (secondary N) is 1. The largest absolute Gasteiger partial charge is 0.383 e. The molecule has 2 aliphatic heterocycles. The van der Waals surface area contributed by atoms with Crippen LogP contribution in [0.15, 0.2) is 0 Å². The number of hydrogen-bond donors (Lipinski definition) is 1. The van der Waals surface area contributed by atoms with Crippen molar-refractivity contribution in [2.24, 2.45) is 5.92 Å². The van der Waals surface area contributed by atoms with Gasteiger partial charge >= 0.3 is 0 Å². The predicted octanol–water partition coefficient (Wildman–Crippen LogP) is 0.182. The van der Waals surface area contributed by atoms with E-state index in [1.807, 2.05) is 0 Å². The number of likely N-dealkylation sites (N-methyl/N-ethyl adjacent to an activating group) is 1. The molecule has 2 aliphatic rings. The minimum Gasteiger partial charge on any atom is -0.383 e. The van der Waals surface area contributed by atoms with Crippen molar-refractivity contribution in [2.45, 2.75) is 12.8 Å². The number of ether oxygens (including phenoxy) is 1. The van der Waals surface area contributed by atoms with Crippen LogP contribution in [0.4, 0.5) is 0 Å². The average Bonchev–Trinajstić information content (AvgIpc) is 2.52. The summed E-state index contributed by atoms with van der Waals surface area (Å²) in [5.41, 5.74) is 0. The van der Waals surface area contributed by atoms with E-state index in [0.717, 1.165) is 25.6 Å². The number of likely N-dealkylation sites (tertiary alicyclic amines) is 1. The molecule has 0 aromatic carbocycles. The molecule has 124 valence electrons. The van der Waals surface area contributed by atoms with Gasteiger partial charge in [-0.3, -0.25) is 4.90 Å². The maximum absolute atomic E-state index is 5.08. The molecule has 2 saturated heterocycles. The first kappa shape index (κ1) is 17.2. The highest BCUT2D eigenvalue weighted by Crippen LogP contribution is 2.15. The third kappa shape index (κ3) is 6.61. The van der Waals surface area contributed by atoms with Crippen LogP contribution >= 0.6 is 0 Å². The van der Waals surface area contributed by atoms with Gasteiger partial charge < -0.3 is 19.9 Å². The first-order valence-electron chi connectivity index (χ1n) is 8.61. The van der Waals surface area contributed by atoms with Gasteiger partial charge in [-0.25, -0.2) is 0 Å². The molecular weight excluding hydrogens is 264 g/mol. The minimum atomic E-state index is 0.819. The van der Waals surface area contributed by atoms with Crippen molar-refractivity contribution in [1.29, 1.82) is 0 Å². The number of piperidine rings is 1. The van der Waals surface area contributed by atoms with Crippen molar-refractivity contribution in [1.82, 2.24) is 20.0 Å². The van der Waals surface area contributed by atoms with E-state index in [-0.39, 0.29) is 0 Å². The topological polar surface area (TPSA) is 31.0 Å². The van der Waals surface area contributed by atoms with Gasteiger partial charge in [0.25, 0.3) is 0 Å². The fraction of sp³-hybridized carbons (Fsp3) is 1.00. The number of nitrogens with zero attached hydrogens (tertiary/aromatic N) is 3. The third-order valence-electron chi connectivity index (χ3n) is 4.85. The maximum Gasteiger partial charge on any atom is 0.0587 e. The summed E-state index contributed by atoms with van der Waals surface area (Å²) in [5, 5.41) is 3.52. The Labute approximate surface area is 130 Å². The van der Waals surface area contributed by atoms with Crippen molar-refractivity contribution in [3.05, 3.63) is 0 Å². The lowest BCUT2D eigenvalue weighted by atomic mass is 9.98. The van der Waals surface area contributed by atoms with Gasteiger partial charge in [0.1, 0.15) is 0 Å². The zero-order valence-electron chi connectivity index (χ0n) is 14.0. The fourth-order valence-corrected chi connectivity index (χ4v) is 3.36. The van der Waals surface area contributed by atoms with Crippen LogP contribution in [0.3, 0.4) is 0 Å². The van der Waals surface area contributed by atoms with Crippen LogP contribution in [0, 0.1) is 5.92 Å². The molecule has 5 heteroatoms. The number of piperazine rings is 1. The summed E-state index contributed by atoms with van der Waals surface area (Å²) in [6.45, 7) is 12.9. The Hall–Kier alpha value is -0.200. The number of rotatable bonds is 8. The van der Waals surface area contributed by atoms with Gasteiger partial charge in [0.15, 0.2) is 0 Å². The second-order valence-electron chi connectivity index (χ2n) is 6.65. The van der Waals surface area contributed by atoms with Gasteiger partial charge in [-0.2, -0.15) is 0 Å². The summed E-state index contributed by atoms with van der Waals surface area (Å²) in [7, 11) is 3.99. The monoisotopic (exact) mass is 298 g/mol. The second kappa shape index (κ2) is 9.74. The molecule has 2 fully saturated rings. The van der Waals surface area contributed by atoms with E-state index in [9.17, 15) is 0 Å². The molecule has 0 spiro atoms. The van der Waals surface area contributed by atoms with E-state index < -0.39 is 0 Å². The summed E-state index contributed by atoms with van der Waals surface area (Å²) in [6, 6.07) is 0. The maximum atomic E-state index is 5.08. The molecule has 5 nitrogen and oxygen atoms in total. The molecule has 0 aliphatic carbocycles. The Morgan fingerprint density at radius 3 is 2.57 bits per heavy atom. The molecule has 0 bridgehead atoms. The van der Waals surface area contributed by atoms with Crippen molar-refractivity contribution in [3.8, 4) is 0 Å². The Morgan fingerprint density at radius 1 is 1.05 bits per heavy atom. The smallest absolute Gasteiger partial charge is 0.0587 e. The highest BCUT2D eigenvalue weighted by atomic mass is 16.5. The molecule has 2 heterocycles. The zero-order valence-corrected chi connectivity index (χ0v) is 14.0. The predicted molar refractivity (Wildman–Crippen MR) is 87.8 cm³/mol.